The first-order chi connectivity index (χ1) is 19.3. The van der Waals surface area contributed by atoms with Gasteiger partial charge < -0.3 is 50.3 Å². The molecule has 12 atom stereocenters. The van der Waals surface area contributed by atoms with Crippen molar-refractivity contribution in [2.45, 2.75) is 148 Å². The van der Waals surface area contributed by atoms with E-state index in [1.54, 1.807) is 13.8 Å². The monoisotopic (exact) mass is 598 g/mol. The van der Waals surface area contributed by atoms with Gasteiger partial charge in [0.25, 0.3) is 0 Å². The van der Waals surface area contributed by atoms with Crippen molar-refractivity contribution in [3.63, 3.8) is 0 Å². The van der Waals surface area contributed by atoms with E-state index < -0.39 is 97.6 Å². The number of aliphatic hydroxyl groups is 6. The third kappa shape index (κ3) is 9.82. The highest BCUT2D eigenvalue weighted by Crippen LogP contribution is 2.40. The maximum Gasteiger partial charge on any atom is 0.336 e. The second-order valence-electron chi connectivity index (χ2n) is 12.3. The average molecular weight is 599 g/mol. The molecule has 244 valence electrons. The van der Waals surface area contributed by atoms with Gasteiger partial charge in [-0.1, -0.05) is 49.0 Å². The summed E-state index contributed by atoms with van der Waals surface area (Å²) in [7, 11) is 0. The van der Waals surface area contributed by atoms with Crippen molar-refractivity contribution in [3.8, 4) is 0 Å². The SMILES string of the molecule is C.[2H]CC(O)C(O)C1OC(CC(C)C)(C(=O)O)CC(O)C1C.[2H]CC(O)C(O)C1OC(CC(C)C)(C(=O)O)CC(O)C1C. The Labute approximate surface area is 247 Å². The zero-order valence-electron chi connectivity index (χ0n) is 26.4. The Morgan fingerprint density at radius 3 is 1.27 bits per heavy atom. The summed E-state index contributed by atoms with van der Waals surface area (Å²) in [5, 5.41) is 78.8. The van der Waals surface area contributed by atoms with E-state index in [9.17, 15) is 50.4 Å². The van der Waals surface area contributed by atoms with Crippen molar-refractivity contribution in [1.29, 1.82) is 0 Å². The number of hydrogen-bond donors (Lipinski definition) is 8. The predicted molar refractivity (Wildman–Crippen MR) is 151 cm³/mol. The summed E-state index contributed by atoms with van der Waals surface area (Å²) in [6.07, 6.45) is -9.15. The van der Waals surface area contributed by atoms with Gasteiger partial charge in [-0.25, -0.2) is 9.59 Å². The summed E-state index contributed by atoms with van der Waals surface area (Å²) < 4.78 is 25.6. The van der Waals surface area contributed by atoms with Gasteiger partial charge in [0.05, 0.1) is 36.6 Å². The van der Waals surface area contributed by atoms with Gasteiger partial charge in [0.15, 0.2) is 11.2 Å². The first-order valence-electron chi connectivity index (χ1n) is 15.2. The molecule has 0 bridgehead atoms. The first kappa shape index (κ1) is 35.8. The summed E-state index contributed by atoms with van der Waals surface area (Å²) in [6, 6.07) is 0. The fraction of sp³-hybridized carbons (Fsp3) is 0.931. The Morgan fingerprint density at radius 2 is 1.05 bits per heavy atom. The fourth-order valence-corrected chi connectivity index (χ4v) is 5.55. The van der Waals surface area contributed by atoms with Crippen LogP contribution in [0.25, 0.3) is 0 Å². The van der Waals surface area contributed by atoms with Crippen molar-refractivity contribution in [2.75, 3.05) is 0 Å². The average Bonchev–Trinajstić information content (AvgIpc) is 2.90. The Kier molecular flexibility index (Phi) is 13.9. The minimum Gasteiger partial charge on any atom is -0.479 e. The number of aliphatic hydroxyl groups excluding tert-OH is 6. The molecular weight excluding hydrogens is 540 g/mol. The molecule has 2 aliphatic rings. The second-order valence-corrected chi connectivity index (χ2v) is 12.3. The van der Waals surface area contributed by atoms with Crippen LogP contribution in [0.2, 0.25) is 0 Å². The molecule has 0 aromatic carbocycles. The zero-order valence-corrected chi connectivity index (χ0v) is 24.4. The van der Waals surface area contributed by atoms with Crippen LogP contribution >= 0.6 is 0 Å². The molecule has 0 saturated carbocycles. The standard InChI is InChI=1S/2C14H26O6.CH4/c2*1-7(2)5-14(13(18)19)6-10(16)8(3)12(20-14)11(17)9(4)15;/h2*7-12,15-17H,5-6H2,1-4H3,(H,18,19);1H4/i2*4D;. The minimum absolute atomic E-state index is 0. The molecule has 0 aromatic heterocycles. The normalized spacial score (nSPS) is 37.4. The lowest BCUT2D eigenvalue weighted by Gasteiger charge is -2.46. The third-order valence-electron chi connectivity index (χ3n) is 7.77. The van der Waals surface area contributed by atoms with Crippen LogP contribution in [0.4, 0.5) is 0 Å². The Bertz CT molecular complexity index is 795. The van der Waals surface area contributed by atoms with Crippen LogP contribution in [-0.4, -0.2) is 113 Å². The van der Waals surface area contributed by atoms with Crippen molar-refractivity contribution >= 4 is 11.9 Å². The topological polar surface area (TPSA) is 214 Å². The highest BCUT2D eigenvalue weighted by molar-refractivity contribution is 5.78. The van der Waals surface area contributed by atoms with E-state index in [1.165, 1.54) is 0 Å². The van der Waals surface area contributed by atoms with Gasteiger partial charge >= 0.3 is 11.9 Å². The lowest BCUT2D eigenvalue weighted by Crippen LogP contribution is -2.60. The number of aliphatic carboxylic acids is 2. The van der Waals surface area contributed by atoms with E-state index in [0.29, 0.717) is 0 Å². The quantitative estimate of drug-likeness (QED) is 0.179. The van der Waals surface area contributed by atoms with Crippen molar-refractivity contribution in [2.24, 2.45) is 23.7 Å². The molecule has 12 unspecified atom stereocenters. The van der Waals surface area contributed by atoms with Crippen molar-refractivity contribution in [3.05, 3.63) is 0 Å². The largest absolute Gasteiger partial charge is 0.479 e. The fourth-order valence-electron chi connectivity index (χ4n) is 5.55. The van der Waals surface area contributed by atoms with Gasteiger partial charge in [-0.3, -0.25) is 0 Å². The second kappa shape index (κ2) is 15.9. The number of rotatable bonds is 10. The number of carboxylic acid groups (broad SMARTS) is 2. The van der Waals surface area contributed by atoms with Crippen LogP contribution in [0.3, 0.4) is 0 Å². The number of carboxylic acids is 2. The summed E-state index contributed by atoms with van der Waals surface area (Å²) in [5.74, 6) is -3.36. The van der Waals surface area contributed by atoms with Crippen LogP contribution in [-0.2, 0) is 19.1 Å². The molecule has 12 heteroatoms. The molecule has 41 heavy (non-hydrogen) atoms. The molecule has 2 heterocycles. The zero-order chi connectivity index (χ0) is 32.7. The maximum atomic E-state index is 11.7. The van der Waals surface area contributed by atoms with E-state index in [2.05, 4.69) is 0 Å². The first-order valence-corrected chi connectivity index (χ1v) is 13.8. The number of hydrogen-bond acceptors (Lipinski definition) is 10. The molecule has 0 aliphatic carbocycles. The van der Waals surface area contributed by atoms with Crippen LogP contribution in [0, 0.1) is 23.7 Å². The van der Waals surface area contributed by atoms with E-state index in [0.717, 1.165) is 0 Å². The van der Waals surface area contributed by atoms with E-state index in [-0.39, 0.29) is 44.9 Å². The van der Waals surface area contributed by atoms with Crippen molar-refractivity contribution in [1.82, 2.24) is 0 Å². The number of ether oxygens (including phenoxy) is 2. The Balaban J connectivity index is 0.000000802. The van der Waals surface area contributed by atoms with Gasteiger partial charge in [-0.15, -0.1) is 0 Å². The summed E-state index contributed by atoms with van der Waals surface area (Å²) in [4.78, 5) is 23.3. The molecule has 0 radical (unpaired) electrons. The summed E-state index contributed by atoms with van der Waals surface area (Å²) in [5.41, 5.74) is -3.15. The van der Waals surface area contributed by atoms with Crippen LogP contribution in [0.1, 0.15) is 91.2 Å². The molecule has 0 spiro atoms. The van der Waals surface area contributed by atoms with E-state index in [1.807, 2.05) is 27.7 Å². The minimum atomic E-state index is -1.58. The summed E-state index contributed by atoms with van der Waals surface area (Å²) in [6.45, 7) is 9.82. The predicted octanol–water partition coefficient (Wildman–Crippen LogP) is 1.40. The smallest absolute Gasteiger partial charge is 0.336 e. The number of carbonyl (C=O) groups is 2. The van der Waals surface area contributed by atoms with Gasteiger partial charge in [-0.05, 0) is 38.5 Å². The molecule has 2 rings (SSSR count). The molecular formula is C29H56O12. The van der Waals surface area contributed by atoms with Crippen LogP contribution in [0.5, 0.6) is 0 Å². The highest BCUT2D eigenvalue weighted by atomic mass is 16.6. The molecule has 2 fully saturated rings. The molecule has 0 aromatic rings. The highest BCUT2D eigenvalue weighted by Gasteiger charge is 2.53. The lowest BCUT2D eigenvalue weighted by molar-refractivity contribution is -0.238. The van der Waals surface area contributed by atoms with Gasteiger partial charge in [0, 0.05) is 27.4 Å². The molecule has 12 nitrogen and oxygen atoms in total. The Morgan fingerprint density at radius 1 is 0.756 bits per heavy atom. The van der Waals surface area contributed by atoms with Gasteiger partial charge in [0.1, 0.15) is 12.2 Å². The van der Waals surface area contributed by atoms with Crippen molar-refractivity contribution < 1.29 is 62.7 Å². The van der Waals surface area contributed by atoms with Crippen LogP contribution < -0.4 is 0 Å². The molecule has 2 aliphatic heterocycles. The van der Waals surface area contributed by atoms with E-state index >= 15 is 0 Å². The Hall–Kier alpha value is -1.38. The molecule has 0 amide bonds. The maximum absolute atomic E-state index is 11.7. The lowest BCUT2D eigenvalue weighted by atomic mass is 9.77. The summed E-state index contributed by atoms with van der Waals surface area (Å²) >= 11 is 0. The third-order valence-corrected chi connectivity index (χ3v) is 7.77. The van der Waals surface area contributed by atoms with Gasteiger partial charge in [0.2, 0.25) is 0 Å². The van der Waals surface area contributed by atoms with E-state index in [4.69, 9.17) is 12.2 Å². The molecule has 8 N–H and O–H groups in total. The molecule has 2 saturated heterocycles. The van der Waals surface area contributed by atoms with Gasteiger partial charge in [-0.2, -0.15) is 0 Å². The van der Waals surface area contributed by atoms with Crippen LogP contribution in [0.15, 0.2) is 0 Å².